The Morgan fingerprint density at radius 2 is 1.88 bits per heavy atom. The van der Waals surface area contributed by atoms with Crippen molar-refractivity contribution in [1.29, 1.82) is 0 Å². The van der Waals surface area contributed by atoms with Crippen molar-refractivity contribution in [2.75, 3.05) is 11.9 Å². The van der Waals surface area contributed by atoms with Gasteiger partial charge in [0.15, 0.2) is 0 Å². The molecule has 0 aromatic heterocycles. The molecule has 2 nitrogen and oxygen atoms in total. The molecule has 0 fully saturated rings. The second-order valence-electron chi connectivity index (χ2n) is 4.61. The molecule has 1 unspecified atom stereocenters. The van der Waals surface area contributed by atoms with Gasteiger partial charge < -0.3 is 11.1 Å². The topological polar surface area (TPSA) is 38.0 Å². The van der Waals surface area contributed by atoms with Crippen molar-refractivity contribution in [3.63, 3.8) is 0 Å². The summed E-state index contributed by atoms with van der Waals surface area (Å²) < 4.78 is 0. The van der Waals surface area contributed by atoms with Crippen LogP contribution in [0.2, 0.25) is 0 Å². The molecule has 0 saturated carbocycles. The van der Waals surface area contributed by atoms with Gasteiger partial charge in [-0.25, -0.2) is 0 Å². The SMILES string of the molecule is CCC(N)CNc1ccc(CSC(C)C)cc1. The van der Waals surface area contributed by atoms with E-state index in [1.54, 1.807) is 0 Å². The Kier molecular flexibility index (Phi) is 6.45. The van der Waals surface area contributed by atoms with Gasteiger partial charge in [-0.3, -0.25) is 0 Å². The summed E-state index contributed by atoms with van der Waals surface area (Å²) in [7, 11) is 0. The van der Waals surface area contributed by atoms with E-state index in [-0.39, 0.29) is 6.04 Å². The summed E-state index contributed by atoms with van der Waals surface area (Å²) in [5.74, 6) is 1.09. The highest BCUT2D eigenvalue weighted by Crippen LogP contribution is 2.18. The van der Waals surface area contributed by atoms with Gasteiger partial charge in [0.25, 0.3) is 0 Å². The molecule has 3 N–H and O–H groups in total. The average Bonchev–Trinajstić information content (AvgIpc) is 2.34. The normalized spacial score (nSPS) is 12.8. The summed E-state index contributed by atoms with van der Waals surface area (Å²) in [6.45, 7) is 7.41. The third kappa shape index (κ3) is 5.99. The Balaban J connectivity index is 2.39. The number of nitrogens with one attached hydrogen (secondary N) is 1. The van der Waals surface area contributed by atoms with Gasteiger partial charge in [-0.05, 0) is 29.4 Å². The van der Waals surface area contributed by atoms with Crippen LogP contribution in [0.15, 0.2) is 24.3 Å². The Bertz CT molecular complexity index is 309. The summed E-state index contributed by atoms with van der Waals surface area (Å²) >= 11 is 1.97. The van der Waals surface area contributed by atoms with Gasteiger partial charge in [0.05, 0.1) is 0 Å². The molecule has 1 atom stereocenters. The summed E-state index contributed by atoms with van der Waals surface area (Å²) in [5.41, 5.74) is 8.41. The fourth-order valence-corrected chi connectivity index (χ4v) is 2.09. The highest BCUT2D eigenvalue weighted by molar-refractivity contribution is 7.99. The molecule has 0 aliphatic carbocycles. The van der Waals surface area contributed by atoms with E-state index < -0.39 is 0 Å². The molecule has 0 radical (unpaired) electrons. The minimum absolute atomic E-state index is 0.242. The summed E-state index contributed by atoms with van der Waals surface area (Å²) in [5, 5.41) is 4.05. The molecule has 0 saturated heterocycles. The largest absolute Gasteiger partial charge is 0.383 e. The molecule has 0 aliphatic heterocycles. The maximum atomic E-state index is 5.87. The quantitative estimate of drug-likeness (QED) is 0.780. The molecular weight excluding hydrogens is 228 g/mol. The lowest BCUT2D eigenvalue weighted by molar-refractivity contribution is 0.679. The number of anilines is 1. The maximum absolute atomic E-state index is 5.87. The third-order valence-electron chi connectivity index (χ3n) is 2.63. The van der Waals surface area contributed by atoms with E-state index in [9.17, 15) is 0 Å². The van der Waals surface area contributed by atoms with Crippen LogP contribution in [0.5, 0.6) is 0 Å². The summed E-state index contributed by atoms with van der Waals surface area (Å²) in [4.78, 5) is 0. The molecule has 3 heteroatoms. The third-order valence-corrected chi connectivity index (χ3v) is 3.80. The minimum Gasteiger partial charge on any atom is -0.383 e. The molecule has 96 valence electrons. The molecule has 17 heavy (non-hydrogen) atoms. The molecule has 1 rings (SSSR count). The van der Waals surface area contributed by atoms with Crippen LogP contribution in [0.3, 0.4) is 0 Å². The molecule has 0 bridgehead atoms. The number of rotatable bonds is 7. The Hall–Kier alpha value is -0.670. The van der Waals surface area contributed by atoms with E-state index in [0.29, 0.717) is 5.25 Å². The lowest BCUT2D eigenvalue weighted by atomic mass is 10.2. The minimum atomic E-state index is 0.242. The van der Waals surface area contributed by atoms with E-state index in [4.69, 9.17) is 5.73 Å². The predicted octanol–water partition coefficient (Wildman–Crippen LogP) is 3.48. The molecule has 0 heterocycles. The zero-order chi connectivity index (χ0) is 12.7. The van der Waals surface area contributed by atoms with Crippen molar-refractivity contribution in [2.45, 2.75) is 44.2 Å². The molecule has 0 aliphatic rings. The Labute approximate surface area is 109 Å². The van der Waals surface area contributed by atoms with Crippen molar-refractivity contribution in [2.24, 2.45) is 5.73 Å². The maximum Gasteiger partial charge on any atom is 0.0340 e. The van der Waals surface area contributed by atoms with Gasteiger partial charge in [0.2, 0.25) is 0 Å². The van der Waals surface area contributed by atoms with Crippen LogP contribution in [-0.2, 0) is 5.75 Å². The molecule has 0 spiro atoms. The first-order valence-electron chi connectivity index (χ1n) is 6.31. The highest BCUT2D eigenvalue weighted by atomic mass is 32.2. The van der Waals surface area contributed by atoms with Gasteiger partial charge in [-0.2, -0.15) is 11.8 Å². The second kappa shape index (κ2) is 7.62. The smallest absolute Gasteiger partial charge is 0.0340 e. The Morgan fingerprint density at radius 3 is 2.41 bits per heavy atom. The second-order valence-corrected chi connectivity index (χ2v) is 6.17. The van der Waals surface area contributed by atoms with E-state index in [0.717, 1.165) is 24.4 Å². The van der Waals surface area contributed by atoms with Crippen molar-refractivity contribution in [3.05, 3.63) is 29.8 Å². The first kappa shape index (κ1) is 14.4. The zero-order valence-corrected chi connectivity index (χ0v) is 11.9. The van der Waals surface area contributed by atoms with E-state index in [1.807, 2.05) is 11.8 Å². The average molecular weight is 252 g/mol. The number of hydrogen-bond acceptors (Lipinski definition) is 3. The van der Waals surface area contributed by atoms with E-state index in [1.165, 1.54) is 5.56 Å². The lowest BCUT2D eigenvalue weighted by Gasteiger charge is -2.12. The van der Waals surface area contributed by atoms with Crippen LogP contribution >= 0.6 is 11.8 Å². The van der Waals surface area contributed by atoms with Crippen LogP contribution in [-0.4, -0.2) is 17.8 Å². The van der Waals surface area contributed by atoms with E-state index in [2.05, 4.69) is 50.4 Å². The van der Waals surface area contributed by atoms with Crippen molar-refractivity contribution < 1.29 is 0 Å². The number of benzene rings is 1. The van der Waals surface area contributed by atoms with Crippen LogP contribution in [0.1, 0.15) is 32.8 Å². The lowest BCUT2D eigenvalue weighted by Crippen LogP contribution is -2.27. The summed E-state index contributed by atoms with van der Waals surface area (Å²) in [6, 6.07) is 8.90. The fourth-order valence-electron chi connectivity index (χ4n) is 1.37. The zero-order valence-electron chi connectivity index (χ0n) is 11.1. The molecule has 0 amide bonds. The van der Waals surface area contributed by atoms with Crippen LogP contribution < -0.4 is 11.1 Å². The van der Waals surface area contributed by atoms with Crippen LogP contribution in [0.25, 0.3) is 0 Å². The first-order chi connectivity index (χ1) is 8.11. The van der Waals surface area contributed by atoms with E-state index >= 15 is 0 Å². The summed E-state index contributed by atoms with van der Waals surface area (Å²) in [6.07, 6.45) is 1.01. The van der Waals surface area contributed by atoms with Crippen LogP contribution in [0, 0.1) is 0 Å². The number of nitrogens with two attached hydrogens (primary N) is 1. The number of thioether (sulfide) groups is 1. The molecular formula is C14H24N2S. The Morgan fingerprint density at radius 1 is 1.24 bits per heavy atom. The number of hydrogen-bond donors (Lipinski definition) is 2. The van der Waals surface area contributed by atoms with Crippen LogP contribution in [0.4, 0.5) is 5.69 Å². The van der Waals surface area contributed by atoms with Gasteiger partial charge in [-0.1, -0.05) is 32.9 Å². The van der Waals surface area contributed by atoms with Gasteiger partial charge >= 0.3 is 0 Å². The van der Waals surface area contributed by atoms with Gasteiger partial charge in [-0.15, -0.1) is 0 Å². The fraction of sp³-hybridized carbons (Fsp3) is 0.571. The standard InChI is InChI=1S/C14H24N2S/c1-4-13(15)9-16-14-7-5-12(6-8-14)10-17-11(2)3/h5-8,11,13,16H,4,9-10,15H2,1-3H3. The van der Waals surface area contributed by atoms with Crippen molar-refractivity contribution in [1.82, 2.24) is 0 Å². The van der Waals surface area contributed by atoms with Gasteiger partial charge in [0.1, 0.15) is 0 Å². The molecule has 1 aromatic rings. The highest BCUT2D eigenvalue weighted by Gasteiger charge is 2.00. The monoisotopic (exact) mass is 252 g/mol. The van der Waals surface area contributed by atoms with Crippen molar-refractivity contribution in [3.8, 4) is 0 Å². The first-order valence-corrected chi connectivity index (χ1v) is 7.36. The van der Waals surface area contributed by atoms with Gasteiger partial charge in [0, 0.05) is 24.0 Å². The predicted molar refractivity (Wildman–Crippen MR) is 79.6 cm³/mol. The molecule has 1 aromatic carbocycles. The van der Waals surface area contributed by atoms with Crippen molar-refractivity contribution >= 4 is 17.4 Å².